The van der Waals surface area contributed by atoms with Crippen LogP contribution in [0.3, 0.4) is 0 Å². The monoisotopic (exact) mass is 457 g/mol. The summed E-state index contributed by atoms with van der Waals surface area (Å²) in [5.41, 5.74) is 3.17. The molecule has 0 aliphatic carbocycles. The smallest absolute Gasteiger partial charge is 0.243 e. The van der Waals surface area contributed by atoms with Gasteiger partial charge in [0.2, 0.25) is 15.9 Å². The fourth-order valence-corrected chi connectivity index (χ4v) is 5.27. The van der Waals surface area contributed by atoms with Gasteiger partial charge in [0.25, 0.3) is 0 Å². The van der Waals surface area contributed by atoms with Crippen LogP contribution in [0.5, 0.6) is 0 Å². The highest BCUT2D eigenvalue weighted by Crippen LogP contribution is 2.21. The zero-order chi connectivity index (χ0) is 23.1. The molecule has 1 N–H and O–H groups in total. The molecule has 0 radical (unpaired) electrons. The molecule has 1 aliphatic heterocycles. The summed E-state index contributed by atoms with van der Waals surface area (Å²) < 4.78 is 28.4. The van der Waals surface area contributed by atoms with Gasteiger partial charge in [0.05, 0.1) is 11.4 Å². The van der Waals surface area contributed by atoms with E-state index in [2.05, 4.69) is 26.1 Å². The first-order valence-electron chi connectivity index (χ1n) is 11.4. The largest absolute Gasteiger partial charge is 0.339 e. The molecule has 32 heavy (non-hydrogen) atoms. The van der Waals surface area contributed by atoms with E-state index in [9.17, 15) is 13.2 Å². The van der Waals surface area contributed by atoms with E-state index in [-0.39, 0.29) is 23.9 Å². The van der Waals surface area contributed by atoms with Crippen LogP contribution in [0, 0.1) is 5.92 Å². The molecule has 174 valence electrons. The number of piperazine rings is 1. The summed E-state index contributed by atoms with van der Waals surface area (Å²) in [6.07, 6.45) is 1.82. The fraction of sp³-hybridized carbons (Fsp3) is 0.480. The predicted octanol–water partition coefficient (Wildman–Crippen LogP) is 3.07. The van der Waals surface area contributed by atoms with Crippen molar-refractivity contribution < 1.29 is 13.2 Å². The molecule has 1 amide bonds. The fourth-order valence-electron chi connectivity index (χ4n) is 3.89. The van der Waals surface area contributed by atoms with Crippen LogP contribution in [-0.4, -0.2) is 56.3 Å². The molecular formula is C25H35N3O3S. The van der Waals surface area contributed by atoms with E-state index < -0.39 is 10.0 Å². The number of nitrogens with one attached hydrogen (secondary N) is 1. The Kier molecular flexibility index (Phi) is 8.45. The van der Waals surface area contributed by atoms with Crippen LogP contribution in [0.2, 0.25) is 0 Å². The van der Waals surface area contributed by atoms with Crippen LogP contribution in [0.1, 0.15) is 37.5 Å². The Hall–Kier alpha value is -2.22. The van der Waals surface area contributed by atoms with Crippen LogP contribution in [0.15, 0.2) is 53.4 Å². The van der Waals surface area contributed by atoms with Crippen molar-refractivity contribution in [1.29, 1.82) is 0 Å². The van der Waals surface area contributed by atoms with Gasteiger partial charge in [0.1, 0.15) is 0 Å². The summed E-state index contributed by atoms with van der Waals surface area (Å²) in [5.74, 6) is 0.341. The molecule has 2 aromatic carbocycles. The lowest BCUT2D eigenvalue weighted by atomic mass is 10.0. The lowest BCUT2D eigenvalue weighted by Crippen LogP contribution is -2.50. The van der Waals surface area contributed by atoms with Crippen LogP contribution in [0.25, 0.3) is 0 Å². The molecule has 0 bridgehead atoms. The van der Waals surface area contributed by atoms with Crippen molar-refractivity contribution in [2.45, 2.75) is 45.1 Å². The second-order valence-electron chi connectivity index (χ2n) is 8.82. The summed E-state index contributed by atoms with van der Waals surface area (Å²) in [6.45, 7) is 9.02. The third-order valence-corrected chi connectivity index (χ3v) is 7.58. The first-order valence-corrected chi connectivity index (χ1v) is 12.9. The number of hydrogen-bond donors (Lipinski definition) is 1. The quantitative estimate of drug-likeness (QED) is 0.628. The second-order valence-corrected chi connectivity index (χ2v) is 10.8. The molecule has 2 aromatic rings. The van der Waals surface area contributed by atoms with Gasteiger partial charge in [-0.3, -0.25) is 4.79 Å². The van der Waals surface area contributed by atoms with E-state index in [0.717, 1.165) is 37.1 Å². The normalized spacial score (nSPS) is 14.8. The Bertz CT molecular complexity index is 980. The summed E-state index contributed by atoms with van der Waals surface area (Å²) in [5, 5.41) is 3.22. The average Bonchev–Trinajstić information content (AvgIpc) is 2.79. The van der Waals surface area contributed by atoms with E-state index in [4.69, 9.17) is 0 Å². The van der Waals surface area contributed by atoms with E-state index >= 15 is 0 Å². The number of aryl methyl sites for hydroxylation is 1. The standard InChI is InChI=1S/C25H35N3O3S/c1-4-21-5-7-23(8-6-21)18-28(19-25(29)27-15-13-26-14-16-27)32(30,31)24-11-9-22(10-12-24)17-20(2)3/h5-12,20,26H,4,13-19H2,1-3H3. The SMILES string of the molecule is CCc1ccc(CN(CC(=O)N2CCNCC2)S(=O)(=O)c2ccc(CC(C)C)cc2)cc1. The number of nitrogens with zero attached hydrogens (tertiary/aromatic N) is 2. The van der Waals surface area contributed by atoms with Crippen LogP contribution in [-0.2, 0) is 34.2 Å². The minimum Gasteiger partial charge on any atom is -0.339 e. The highest BCUT2D eigenvalue weighted by Gasteiger charge is 2.29. The van der Waals surface area contributed by atoms with Gasteiger partial charge >= 0.3 is 0 Å². The van der Waals surface area contributed by atoms with Gasteiger partial charge in [-0.05, 0) is 47.6 Å². The maximum Gasteiger partial charge on any atom is 0.243 e. The summed E-state index contributed by atoms with van der Waals surface area (Å²) in [4.78, 5) is 14.9. The zero-order valence-corrected chi connectivity index (χ0v) is 20.2. The first kappa shape index (κ1) is 24.4. The van der Waals surface area contributed by atoms with Gasteiger partial charge in [-0.2, -0.15) is 4.31 Å². The van der Waals surface area contributed by atoms with Gasteiger partial charge in [0.15, 0.2) is 0 Å². The molecular weight excluding hydrogens is 422 g/mol. The first-order chi connectivity index (χ1) is 15.3. The van der Waals surface area contributed by atoms with Crippen molar-refractivity contribution >= 4 is 15.9 Å². The highest BCUT2D eigenvalue weighted by atomic mass is 32.2. The Morgan fingerprint density at radius 2 is 1.53 bits per heavy atom. The molecule has 1 aliphatic rings. The number of sulfonamides is 1. The molecule has 7 heteroatoms. The molecule has 1 saturated heterocycles. The molecule has 0 unspecified atom stereocenters. The maximum atomic E-state index is 13.6. The van der Waals surface area contributed by atoms with Crippen molar-refractivity contribution in [3.8, 4) is 0 Å². The molecule has 1 fully saturated rings. The van der Waals surface area contributed by atoms with Gasteiger partial charge in [0, 0.05) is 32.7 Å². The minimum absolute atomic E-state index is 0.156. The molecule has 0 aromatic heterocycles. The van der Waals surface area contributed by atoms with E-state index in [1.165, 1.54) is 9.87 Å². The van der Waals surface area contributed by atoms with Gasteiger partial charge < -0.3 is 10.2 Å². The van der Waals surface area contributed by atoms with Crippen LogP contribution < -0.4 is 5.32 Å². The predicted molar refractivity (Wildman–Crippen MR) is 128 cm³/mol. The van der Waals surface area contributed by atoms with Gasteiger partial charge in [-0.25, -0.2) is 8.42 Å². The minimum atomic E-state index is -3.82. The molecule has 0 saturated carbocycles. The molecule has 0 atom stereocenters. The molecule has 3 rings (SSSR count). The highest BCUT2D eigenvalue weighted by molar-refractivity contribution is 7.89. The van der Waals surface area contributed by atoms with Crippen molar-refractivity contribution in [2.75, 3.05) is 32.7 Å². The Morgan fingerprint density at radius 1 is 0.969 bits per heavy atom. The van der Waals surface area contributed by atoms with E-state index in [0.29, 0.717) is 19.0 Å². The van der Waals surface area contributed by atoms with Crippen LogP contribution >= 0.6 is 0 Å². The van der Waals surface area contributed by atoms with Crippen molar-refractivity contribution in [2.24, 2.45) is 5.92 Å². The Morgan fingerprint density at radius 3 is 2.09 bits per heavy atom. The van der Waals surface area contributed by atoms with E-state index in [1.54, 1.807) is 17.0 Å². The Labute approximate surface area is 192 Å². The van der Waals surface area contributed by atoms with Gasteiger partial charge in [-0.1, -0.05) is 57.2 Å². The van der Waals surface area contributed by atoms with Crippen molar-refractivity contribution in [1.82, 2.24) is 14.5 Å². The molecule has 0 spiro atoms. The lowest BCUT2D eigenvalue weighted by Gasteiger charge is -2.30. The number of rotatable bonds is 9. The third kappa shape index (κ3) is 6.40. The second kappa shape index (κ2) is 11.1. The number of benzene rings is 2. The molecule has 1 heterocycles. The average molecular weight is 458 g/mol. The summed E-state index contributed by atoms with van der Waals surface area (Å²) in [6, 6.07) is 15.0. The van der Waals surface area contributed by atoms with Crippen LogP contribution in [0.4, 0.5) is 0 Å². The summed E-state index contributed by atoms with van der Waals surface area (Å²) >= 11 is 0. The van der Waals surface area contributed by atoms with Gasteiger partial charge in [-0.15, -0.1) is 0 Å². The number of carbonyl (C=O) groups is 1. The number of amides is 1. The molecule has 6 nitrogen and oxygen atoms in total. The zero-order valence-electron chi connectivity index (χ0n) is 19.4. The topological polar surface area (TPSA) is 69.7 Å². The third-order valence-electron chi connectivity index (χ3n) is 5.78. The number of carbonyl (C=O) groups excluding carboxylic acids is 1. The Balaban J connectivity index is 1.85. The van der Waals surface area contributed by atoms with E-state index in [1.807, 2.05) is 36.4 Å². The lowest BCUT2D eigenvalue weighted by molar-refractivity contribution is -0.132. The van der Waals surface area contributed by atoms with Crippen molar-refractivity contribution in [3.05, 3.63) is 65.2 Å². The maximum absolute atomic E-state index is 13.6. The summed E-state index contributed by atoms with van der Waals surface area (Å²) in [7, 11) is -3.82. The number of hydrogen-bond acceptors (Lipinski definition) is 4. The van der Waals surface area contributed by atoms with Crippen molar-refractivity contribution in [3.63, 3.8) is 0 Å².